The SMILES string of the molecule is C[C@H](C(=O)NC1CCCCC1)N(Cc1ccc(F)cc1)C(=O)CCCN(c1ccc(Cl)cc1)S(C)(=O)=O. The molecule has 2 aromatic rings. The monoisotopic (exact) mass is 551 g/mol. The van der Waals surface area contributed by atoms with E-state index in [0.717, 1.165) is 38.4 Å². The average molecular weight is 552 g/mol. The second-order valence-corrected chi connectivity index (χ2v) is 11.9. The Morgan fingerprint density at radius 1 is 1.05 bits per heavy atom. The fourth-order valence-electron chi connectivity index (χ4n) is 4.55. The Balaban J connectivity index is 1.70. The van der Waals surface area contributed by atoms with Crippen molar-refractivity contribution in [3.63, 3.8) is 0 Å². The van der Waals surface area contributed by atoms with Crippen molar-refractivity contribution in [3.05, 3.63) is 64.9 Å². The molecule has 1 fully saturated rings. The highest BCUT2D eigenvalue weighted by atomic mass is 35.5. The normalized spacial score (nSPS) is 15.1. The van der Waals surface area contributed by atoms with Crippen LogP contribution in [0, 0.1) is 5.82 Å². The Morgan fingerprint density at radius 3 is 2.27 bits per heavy atom. The predicted octanol–water partition coefficient (Wildman–Crippen LogP) is 4.89. The van der Waals surface area contributed by atoms with Gasteiger partial charge in [-0.1, -0.05) is 43.0 Å². The van der Waals surface area contributed by atoms with E-state index in [2.05, 4.69) is 5.32 Å². The van der Waals surface area contributed by atoms with Crippen molar-refractivity contribution in [2.45, 2.75) is 70.5 Å². The number of benzene rings is 2. The van der Waals surface area contributed by atoms with E-state index in [9.17, 15) is 22.4 Å². The van der Waals surface area contributed by atoms with Crippen LogP contribution in [0.5, 0.6) is 0 Å². The lowest BCUT2D eigenvalue weighted by Gasteiger charge is -2.31. The summed E-state index contributed by atoms with van der Waals surface area (Å²) < 4.78 is 39.5. The van der Waals surface area contributed by atoms with E-state index in [4.69, 9.17) is 11.6 Å². The molecule has 0 aromatic heterocycles. The van der Waals surface area contributed by atoms with E-state index in [1.165, 1.54) is 21.3 Å². The summed E-state index contributed by atoms with van der Waals surface area (Å²) in [5.74, 6) is -0.880. The molecule has 10 heteroatoms. The molecule has 3 rings (SSSR count). The predicted molar refractivity (Wildman–Crippen MR) is 144 cm³/mol. The molecule has 37 heavy (non-hydrogen) atoms. The molecule has 0 unspecified atom stereocenters. The first-order valence-corrected chi connectivity index (χ1v) is 14.8. The maximum absolute atomic E-state index is 13.4. The van der Waals surface area contributed by atoms with Crippen LogP contribution in [-0.2, 0) is 26.2 Å². The Kier molecular flexibility index (Phi) is 10.3. The van der Waals surface area contributed by atoms with Crippen molar-refractivity contribution in [2.24, 2.45) is 0 Å². The first-order chi connectivity index (χ1) is 17.5. The van der Waals surface area contributed by atoms with E-state index >= 15 is 0 Å². The quantitative estimate of drug-likeness (QED) is 0.431. The molecule has 1 aliphatic carbocycles. The molecule has 0 saturated heterocycles. The maximum Gasteiger partial charge on any atom is 0.242 e. The van der Waals surface area contributed by atoms with Crippen LogP contribution in [0.2, 0.25) is 5.02 Å². The van der Waals surface area contributed by atoms with Crippen LogP contribution in [0.15, 0.2) is 48.5 Å². The molecular formula is C27H35ClFN3O4S. The molecule has 2 amide bonds. The molecule has 0 aliphatic heterocycles. The van der Waals surface area contributed by atoms with Gasteiger partial charge in [0.1, 0.15) is 11.9 Å². The molecule has 0 spiro atoms. The fourth-order valence-corrected chi connectivity index (χ4v) is 5.64. The number of hydrogen-bond acceptors (Lipinski definition) is 4. The summed E-state index contributed by atoms with van der Waals surface area (Å²) in [6, 6.07) is 11.6. The molecule has 202 valence electrons. The summed E-state index contributed by atoms with van der Waals surface area (Å²) in [5, 5.41) is 3.57. The van der Waals surface area contributed by atoms with Gasteiger partial charge in [0.25, 0.3) is 0 Å². The zero-order valence-electron chi connectivity index (χ0n) is 21.3. The summed E-state index contributed by atoms with van der Waals surface area (Å²) in [4.78, 5) is 27.9. The third kappa shape index (κ3) is 8.71. The first-order valence-electron chi connectivity index (χ1n) is 12.6. The maximum atomic E-state index is 13.4. The summed E-state index contributed by atoms with van der Waals surface area (Å²) in [7, 11) is -3.58. The number of hydrogen-bond donors (Lipinski definition) is 1. The molecule has 0 heterocycles. The average Bonchev–Trinajstić information content (AvgIpc) is 2.86. The van der Waals surface area contributed by atoms with Crippen LogP contribution in [0.3, 0.4) is 0 Å². The fraction of sp³-hybridized carbons (Fsp3) is 0.481. The van der Waals surface area contributed by atoms with Gasteiger partial charge in [0.05, 0.1) is 11.9 Å². The van der Waals surface area contributed by atoms with Crippen molar-refractivity contribution in [1.82, 2.24) is 10.2 Å². The molecule has 1 atom stereocenters. The lowest BCUT2D eigenvalue weighted by molar-refractivity contribution is -0.141. The topological polar surface area (TPSA) is 86.8 Å². The van der Waals surface area contributed by atoms with Gasteiger partial charge in [-0.3, -0.25) is 13.9 Å². The van der Waals surface area contributed by atoms with Crippen LogP contribution < -0.4 is 9.62 Å². The summed E-state index contributed by atoms with van der Waals surface area (Å²) in [6.45, 7) is 1.93. The Hall–Kier alpha value is -2.65. The van der Waals surface area contributed by atoms with Gasteiger partial charge in [0.15, 0.2) is 0 Å². The van der Waals surface area contributed by atoms with Gasteiger partial charge in [-0.15, -0.1) is 0 Å². The van der Waals surface area contributed by atoms with Gasteiger partial charge in [-0.25, -0.2) is 12.8 Å². The van der Waals surface area contributed by atoms with Crippen LogP contribution in [0.25, 0.3) is 0 Å². The smallest absolute Gasteiger partial charge is 0.242 e. The number of sulfonamides is 1. The van der Waals surface area contributed by atoms with Crippen molar-refractivity contribution in [3.8, 4) is 0 Å². The number of rotatable bonds is 11. The van der Waals surface area contributed by atoms with Gasteiger partial charge in [-0.2, -0.15) is 0 Å². The Bertz CT molecular complexity index is 1150. The van der Waals surface area contributed by atoms with E-state index < -0.39 is 16.1 Å². The van der Waals surface area contributed by atoms with Crippen LogP contribution in [0.4, 0.5) is 10.1 Å². The van der Waals surface area contributed by atoms with Crippen LogP contribution in [0.1, 0.15) is 57.4 Å². The third-order valence-electron chi connectivity index (χ3n) is 6.65. The minimum atomic E-state index is -3.58. The van der Waals surface area contributed by atoms with Crippen molar-refractivity contribution >= 4 is 39.1 Å². The van der Waals surface area contributed by atoms with Crippen LogP contribution >= 0.6 is 11.6 Å². The molecule has 2 aromatic carbocycles. The molecule has 1 aliphatic rings. The minimum absolute atomic E-state index is 0.0435. The van der Waals surface area contributed by atoms with Gasteiger partial charge in [0, 0.05) is 30.6 Å². The molecule has 1 saturated carbocycles. The standard InChI is InChI=1S/C27H35ClFN3O4S/c1-20(27(34)30-24-7-4-3-5-8-24)31(19-21-10-14-23(29)15-11-21)26(33)9-6-18-32(37(2,35)36)25-16-12-22(28)13-17-25/h10-17,20,24H,3-9,18-19H2,1-2H3,(H,30,34)/t20-/m1/s1. The number of halogens is 2. The van der Waals surface area contributed by atoms with E-state index in [0.29, 0.717) is 16.3 Å². The van der Waals surface area contributed by atoms with Crippen molar-refractivity contribution in [2.75, 3.05) is 17.1 Å². The molecule has 1 N–H and O–H groups in total. The zero-order valence-corrected chi connectivity index (χ0v) is 22.9. The number of nitrogens with zero attached hydrogens (tertiary/aromatic N) is 2. The summed E-state index contributed by atoms with van der Waals surface area (Å²) in [6.07, 6.45) is 6.57. The van der Waals surface area contributed by atoms with E-state index in [1.54, 1.807) is 43.3 Å². The van der Waals surface area contributed by atoms with Crippen LogP contribution in [-0.4, -0.2) is 50.0 Å². The van der Waals surface area contributed by atoms with Crippen molar-refractivity contribution < 1.29 is 22.4 Å². The molecule has 0 radical (unpaired) electrons. The lowest BCUT2D eigenvalue weighted by atomic mass is 9.95. The number of amides is 2. The van der Waals surface area contributed by atoms with Gasteiger partial charge < -0.3 is 10.2 Å². The number of carbonyl (C=O) groups is 2. The number of carbonyl (C=O) groups excluding carboxylic acids is 2. The van der Waals surface area contributed by atoms with Gasteiger partial charge >= 0.3 is 0 Å². The zero-order chi connectivity index (χ0) is 27.0. The Labute approximate surface area is 224 Å². The summed E-state index contributed by atoms with van der Waals surface area (Å²) in [5.41, 5.74) is 1.16. The third-order valence-corrected chi connectivity index (χ3v) is 8.10. The van der Waals surface area contributed by atoms with Gasteiger partial charge in [0.2, 0.25) is 21.8 Å². The largest absolute Gasteiger partial charge is 0.352 e. The van der Waals surface area contributed by atoms with Gasteiger partial charge in [-0.05, 0) is 68.1 Å². The Morgan fingerprint density at radius 2 is 1.68 bits per heavy atom. The first kappa shape index (κ1) is 28.9. The summed E-state index contributed by atoms with van der Waals surface area (Å²) >= 11 is 5.93. The molecule has 0 bridgehead atoms. The highest BCUT2D eigenvalue weighted by Gasteiger charge is 2.28. The molecule has 7 nitrogen and oxygen atoms in total. The second kappa shape index (κ2) is 13.2. The highest BCUT2D eigenvalue weighted by molar-refractivity contribution is 7.92. The minimum Gasteiger partial charge on any atom is -0.352 e. The lowest BCUT2D eigenvalue weighted by Crippen LogP contribution is -2.50. The molecular weight excluding hydrogens is 517 g/mol. The van der Waals surface area contributed by atoms with E-state index in [-0.39, 0.29) is 49.6 Å². The highest BCUT2D eigenvalue weighted by Crippen LogP contribution is 2.22. The second-order valence-electron chi connectivity index (χ2n) is 9.58. The van der Waals surface area contributed by atoms with E-state index in [1.807, 2.05) is 0 Å². The van der Waals surface area contributed by atoms with Crippen molar-refractivity contribution in [1.29, 1.82) is 0 Å². The number of anilines is 1. The number of nitrogens with one attached hydrogen (secondary N) is 1.